The molecule has 0 N–H and O–H groups in total. The molecule has 0 fully saturated rings. The van der Waals surface area contributed by atoms with Gasteiger partial charge >= 0.3 is 0 Å². The van der Waals surface area contributed by atoms with Crippen LogP contribution in [-0.4, -0.2) is 58.3 Å². The second-order valence-corrected chi connectivity index (χ2v) is 28.5. The molecule has 0 aliphatic carbocycles. The van der Waals surface area contributed by atoms with Crippen molar-refractivity contribution in [2.24, 2.45) is 5.16 Å². The normalized spacial score (nSPS) is 16.8. The summed E-state index contributed by atoms with van der Waals surface area (Å²) in [5.41, 5.74) is 0. The highest BCUT2D eigenvalue weighted by Gasteiger charge is 2.33. The molecule has 0 radical (unpaired) electrons. The lowest BCUT2D eigenvalue weighted by Gasteiger charge is -2.36. The van der Waals surface area contributed by atoms with Crippen LogP contribution in [0.2, 0.25) is 78.6 Å². The molecular formula is C17H43NO4Si4. The van der Waals surface area contributed by atoms with E-state index in [1.165, 1.54) is 0 Å². The Balaban J connectivity index is 5.28. The van der Waals surface area contributed by atoms with Crippen LogP contribution in [0.1, 0.15) is 6.42 Å². The van der Waals surface area contributed by atoms with Crippen LogP contribution in [0.5, 0.6) is 0 Å². The van der Waals surface area contributed by atoms with Crippen LogP contribution >= 0.6 is 0 Å². The molecule has 0 heterocycles. The van der Waals surface area contributed by atoms with Crippen LogP contribution < -0.4 is 0 Å². The zero-order valence-electron chi connectivity index (χ0n) is 19.2. The van der Waals surface area contributed by atoms with Crippen LogP contribution in [-0.2, 0) is 17.8 Å². The number of rotatable bonds is 12. The van der Waals surface area contributed by atoms with Crippen molar-refractivity contribution < 1.29 is 17.8 Å². The summed E-state index contributed by atoms with van der Waals surface area (Å²) in [5, 5.41) is 4.20. The van der Waals surface area contributed by atoms with E-state index in [1.54, 1.807) is 0 Å². The third-order valence-corrected chi connectivity index (χ3v) is 6.55. The topological polar surface area (TPSA) is 49.3 Å². The monoisotopic (exact) mass is 437 g/mol. The minimum Gasteiger partial charge on any atom is -0.456 e. The number of hydrogen-bond donors (Lipinski definition) is 0. The summed E-state index contributed by atoms with van der Waals surface area (Å²) in [7, 11) is -6.74. The van der Waals surface area contributed by atoms with Gasteiger partial charge in [0.05, 0.1) is 18.8 Å². The Labute approximate surface area is 166 Å². The largest absolute Gasteiger partial charge is 0.456 e. The van der Waals surface area contributed by atoms with Gasteiger partial charge < -0.3 is 17.8 Å². The van der Waals surface area contributed by atoms with Crippen molar-refractivity contribution in [3.8, 4) is 0 Å². The molecule has 0 saturated heterocycles. The van der Waals surface area contributed by atoms with E-state index in [4.69, 9.17) is 17.8 Å². The van der Waals surface area contributed by atoms with E-state index in [0.29, 0.717) is 13.0 Å². The van der Waals surface area contributed by atoms with E-state index in [2.05, 4.69) is 83.7 Å². The van der Waals surface area contributed by atoms with Gasteiger partial charge in [-0.05, 0) is 78.6 Å². The van der Waals surface area contributed by atoms with Crippen LogP contribution in [0.3, 0.4) is 0 Å². The molecule has 0 amide bonds. The fourth-order valence-corrected chi connectivity index (χ4v) is 5.42. The molecule has 5 nitrogen and oxygen atoms in total. The van der Waals surface area contributed by atoms with Crippen LogP contribution in [0.4, 0.5) is 0 Å². The fraction of sp³-hybridized carbons (Fsp3) is 0.941. The lowest BCUT2D eigenvalue weighted by atomic mass is 10.1. The Kier molecular flexibility index (Phi) is 10.2. The third kappa shape index (κ3) is 16.4. The molecule has 0 unspecified atom stereocenters. The van der Waals surface area contributed by atoms with Gasteiger partial charge in [-0.2, -0.15) is 0 Å². The SMILES string of the molecule is C[Si](C)(C)OC[C@H](O[Si](C)(C)C)[C@@H](CC=NO[Si](C)(C)C)O[Si](C)(C)C. The summed E-state index contributed by atoms with van der Waals surface area (Å²) < 4.78 is 24.8. The van der Waals surface area contributed by atoms with Gasteiger partial charge in [0.2, 0.25) is 0 Å². The standard InChI is InChI=1S/C17H43NO4Si4/c1-23(2,3)19-15-17(21-25(7,8)9)16(20-24(4,5)6)13-14-18-22-26(10,11)12/h14,16-17H,13,15H2,1-12H3/t16-,17+/m1/s1. The molecule has 0 bridgehead atoms. The molecule has 0 aliphatic heterocycles. The van der Waals surface area contributed by atoms with E-state index in [-0.39, 0.29) is 12.2 Å². The zero-order chi connectivity index (χ0) is 20.8. The quantitative estimate of drug-likeness (QED) is 0.229. The molecular weight excluding hydrogens is 395 g/mol. The molecule has 0 saturated carbocycles. The summed E-state index contributed by atoms with van der Waals surface area (Å²) in [5.74, 6) is 0. The summed E-state index contributed by atoms with van der Waals surface area (Å²) in [6.45, 7) is 26.8. The van der Waals surface area contributed by atoms with E-state index in [0.717, 1.165) is 0 Å². The van der Waals surface area contributed by atoms with Crippen molar-refractivity contribution in [3.63, 3.8) is 0 Å². The van der Waals surface area contributed by atoms with Gasteiger partial charge in [-0.1, -0.05) is 0 Å². The van der Waals surface area contributed by atoms with Crippen molar-refractivity contribution in [2.75, 3.05) is 6.61 Å². The zero-order valence-corrected chi connectivity index (χ0v) is 23.2. The molecule has 0 aromatic carbocycles. The van der Waals surface area contributed by atoms with Gasteiger partial charge in [0.1, 0.15) is 0 Å². The van der Waals surface area contributed by atoms with Crippen LogP contribution in [0.25, 0.3) is 0 Å². The lowest BCUT2D eigenvalue weighted by Crippen LogP contribution is -2.48. The second-order valence-electron chi connectivity index (χ2n) is 10.7. The predicted octanol–water partition coefficient (Wildman–Crippen LogP) is 5.51. The Hall–Kier alpha value is 0.218. The number of hydrogen-bond acceptors (Lipinski definition) is 5. The van der Waals surface area contributed by atoms with Crippen molar-refractivity contribution in [1.82, 2.24) is 0 Å². The van der Waals surface area contributed by atoms with Gasteiger partial charge in [-0.15, -0.1) is 5.16 Å². The first kappa shape index (κ1) is 26.2. The highest BCUT2D eigenvalue weighted by Crippen LogP contribution is 2.20. The second kappa shape index (κ2) is 10.1. The van der Waals surface area contributed by atoms with E-state index in [1.807, 2.05) is 6.21 Å². The smallest absolute Gasteiger partial charge is 0.278 e. The minimum absolute atomic E-state index is 0.0567. The van der Waals surface area contributed by atoms with E-state index < -0.39 is 33.3 Å². The first-order valence-corrected chi connectivity index (χ1v) is 23.2. The Morgan fingerprint density at radius 1 is 0.654 bits per heavy atom. The minimum atomic E-state index is -1.73. The molecule has 0 spiro atoms. The molecule has 0 aliphatic rings. The molecule has 26 heavy (non-hydrogen) atoms. The lowest BCUT2D eigenvalue weighted by molar-refractivity contribution is 0.0159. The van der Waals surface area contributed by atoms with Gasteiger partial charge in [-0.25, -0.2) is 0 Å². The Morgan fingerprint density at radius 3 is 1.50 bits per heavy atom. The van der Waals surface area contributed by atoms with Crippen LogP contribution in [0, 0.1) is 0 Å². The van der Waals surface area contributed by atoms with Gasteiger partial charge in [0.25, 0.3) is 8.32 Å². The maximum Gasteiger partial charge on any atom is 0.278 e. The maximum absolute atomic E-state index is 6.48. The summed E-state index contributed by atoms with van der Waals surface area (Å²) >= 11 is 0. The van der Waals surface area contributed by atoms with E-state index >= 15 is 0 Å². The summed E-state index contributed by atoms with van der Waals surface area (Å²) in [4.78, 5) is 0. The first-order chi connectivity index (χ1) is 11.4. The first-order valence-electron chi connectivity index (χ1n) is 9.58. The van der Waals surface area contributed by atoms with Crippen molar-refractivity contribution in [2.45, 2.75) is 97.2 Å². The predicted molar refractivity (Wildman–Crippen MR) is 123 cm³/mol. The molecule has 9 heteroatoms. The van der Waals surface area contributed by atoms with Crippen molar-refractivity contribution in [1.29, 1.82) is 0 Å². The van der Waals surface area contributed by atoms with E-state index in [9.17, 15) is 0 Å². The fourth-order valence-electron chi connectivity index (χ4n) is 2.08. The van der Waals surface area contributed by atoms with Crippen molar-refractivity contribution in [3.05, 3.63) is 0 Å². The van der Waals surface area contributed by atoms with Gasteiger partial charge in [0, 0.05) is 12.6 Å². The Morgan fingerprint density at radius 2 is 1.12 bits per heavy atom. The highest BCUT2D eigenvalue weighted by atomic mass is 28.4. The molecule has 156 valence electrons. The average Bonchev–Trinajstić information content (AvgIpc) is 2.33. The number of oxime groups is 1. The average molecular weight is 438 g/mol. The molecule has 0 rings (SSSR count). The molecule has 0 aromatic rings. The number of nitrogens with zero attached hydrogens (tertiary/aromatic N) is 1. The summed E-state index contributed by atoms with van der Waals surface area (Å²) in [6.07, 6.45) is 2.40. The molecule has 2 atom stereocenters. The summed E-state index contributed by atoms with van der Waals surface area (Å²) in [6, 6.07) is 0. The third-order valence-electron chi connectivity index (χ3n) is 2.84. The van der Waals surface area contributed by atoms with Gasteiger partial charge in [-0.3, -0.25) is 0 Å². The molecule has 0 aromatic heterocycles. The van der Waals surface area contributed by atoms with Crippen LogP contribution in [0.15, 0.2) is 5.16 Å². The van der Waals surface area contributed by atoms with Crippen molar-refractivity contribution >= 4 is 39.5 Å². The highest BCUT2D eigenvalue weighted by molar-refractivity contribution is 6.71. The van der Waals surface area contributed by atoms with Gasteiger partial charge in [0.15, 0.2) is 25.0 Å². The maximum atomic E-state index is 6.48. The Bertz CT molecular complexity index is 434.